The summed E-state index contributed by atoms with van der Waals surface area (Å²) in [7, 11) is 0. The van der Waals surface area contributed by atoms with Gasteiger partial charge in [-0.05, 0) is 75.0 Å². The average Bonchev–Trinajstić information content (AvgIpc) is 3.20. The number of ether oxygens (including phenoxy) is 2. The van der Waals surface area contributed by atoms with E-state index in [1.54, 1.807) is 0 Å². The van der Waals surface area contributed by atoms with Gasteiger partial charge in [0.25, 0.3) is 0 Å². The van der Waals surface area contributed by atoms with Crippen molar-refractivity contribution in [1.29, 1.82) is 0 Å². The van der Waals surface area contributed by atoms with Gasteiger partial charge in [-0.2, -0.15) is 0 Å². The zero-order chi connectivity index (χ0) is 15.2. The summed E-state index contributed by atoms with van der Waals surface area (Å²) in [6.07, 6.45) is 7.88. The Morgan fingerprint density at radius 1 is 1.14 bits per heavy atom. The third kappa shape index (κ3) is 4.58. The first kappa shape index (κ1) is 15.6. The Bertz CT molecular complexity index is 480. The van der Waals surface area contributed by atoms with Crippen LogP contribution in [0.5, 0.6) is 5.75 Å². The molecule has 2 fully saturated rings. The third-order valence-electron chi connectivity index (χ3n) is 4.23. The Balaban J connectivity index is 1.42. The molecule has 1 atom stereocenters. The molecule has 1 aromatic rings. The normalized spacial score (nSPS) is 21.7. The quantitative estimate of drug-likeness (QED) is 0.813. The summed E-state index contributed by atoms with van der Waals surface area (Å²) in [6, 6.07) is 8.02. The molecule has 0 bridgehead atoms. The molecule has 0 aromatic heterocycles. The Kier molecular flexibility index (Phi) is 5.51. The van der Waals surface area contributed by atoms with Crippen molar-refractivity contribution in [3.05, 3.63) is 24.3 Å². The van der Waals surface area contributed by atoms with Crippen molar-refractivity contribution in [2.24, 2.45) is 0 Å². The van der Waals surface area contributed by atoms with E-state index in [0.717, 1.165) is 37.4 Å². The van der Waals surface area contributed by atoms with Crippen LogP contribution in [0.25, 0.3) is 0 Å². The molecule has 4 nitrogen and oxygen atoms in total. The minimum absolute atomic E-state index is 0.293. The summed E-state index contributed by atoms with van der Waals surface area (Å²) in [4.78, 5) is 0. The Morgan fingerprint density at radius 3 is 2.59 bits per heavy atom. The molecule has 120 valence electrons. The second-order valence-corrected chi connectivity index (χ2v) is 6.43. The first-order valence-electron chi connectivity index (χ1n) is 8.23. The van der Waals surface area contributed by atoms with Crippen molar-refractivity contribution in [2.45, 2.75) is 50.7 Å². The lowest BCUT2D eigenvalue weighted by molar-refractivity contribution is 0.114. The fourth-order valence-electron chi connectivity index (χ4n) is 3.00. The fourth-order valence-corrected chi connectivity index (χ4v) is 3.20. The minimum Gasteiger partial charge on any atom is -0.490 e. The van der Waals surface area contributed by atoms with Crippen molar-refractivity contribution in [3.8, 4) is 5.75 Å². The van der Waals surface area contributed by atoms with Gasteiger partial charge in [0, 0.05) is 18.8 Å². The second-order valence-electron chi connectivity index (χ2n) is 6.02. The highest BCUT2D eigenvalue weighted by molar-refractivity contribution is 7.80. The van der Waals surface area contributed by atoms with Gasteiger partial charge in [0.2, 0.25) is 0 Å². The zero-order valence-electron chi connectivity index (χ0n) is 12.8. The van der Waals surface area contributed by atoms with E-state index in [9.17, 15) is 0 Å². The van der Waals surface area contributed by atoms with Gasteiger partial charge in [0.15, 0.2) is 5.11 Å². The van der Waals surface area contributed by atoms with Crippen LogP contribution in [0.3, 0.4) is 0 Å². The molecule has 1 saturated carbocycles. The van der Waals surface area contributed by atoms with E-state index in [1.807, 2.05) is 24.3 Å². The van der Waals surface area contributed by atoms with Gasteiger partial charge in [-0.25, -0.2) is 0 Å². The third-order valence-corrected chi connectivity index (χ3v) is 4.48. The molecule has 2 N–H and O–H groups in total. The van der Waals surface area contributed by atoms with E-state index in [-0.39, 0.29) is 0 Å². The molecule has 1 aromatic carbocycles. The van der Waals surface area contributed by atoms with Crippen LogP contribution >= 0.6 is 12.2 Å². The Hall–Kier alpha value is -1.33. The molecule has 5 heteroatoms. The molecule has 0 radical (unpaired) electrons. The average molecular weight is 320 g/mol. The van der Waals surface area contributed by atoms with Crippen LogP contribution in [0.2, 0.25) is 0 Å². The lowest BCUT2D eigenvalue weighted by Gasteiger charge is -2.15. The van der Waals surface area contributed by atoms with E-state index < -0.39 is 0 Å². The van der Waals surface area contributed by atoms with Gasteiger partial charge in [-0.3, -0.25) is 0 Å². The van der Waals surface area contributed by atoms with Gasteiger partial charge in [0.05, 0.1) is 12.2 Å². The van der Waals surface area contributed by atoms with Crippen LogP contribution in [-0.2, 0) is 4.74 Å². The molecular weight excluding hydrogens is 296 g/mol. The molecule has 1 saturated heterocycles. The van der Waals surface area contributed by atoms with Gasteiger partial charge < -0.3 is 20.1 Å². The lowest BCUT2D eigenvalue weighted by Crippen LogP contribution is -2.34. The summed E-state index contributed by atoms with van der Waals surface area (Å²) in [6.45, 7) is 1.64. The number of anilines is 1. The van der Waals surface area contributed by atoms with Gasteiger partial charge in [-0.1, -0.05) is 0 Å². The smallest absolute Gasteiger partial charge is 0.170 e. The van der Waals surface area contributed by atoms with Crippen molar-refractivity contribution in [1.82, 2.24) is 5.32 Å². The largest absolute Gasteiger partial charge is 0.490 e. The van der Waals surface area contributed by atoms with Crippen LogP contribution in [-0.4, -0.2) is 30.5 Å². The molecule has 1 aliphatic carbocycles. The van der Waals surface area contributed by atoms with Crippen molar-refractivity contribution in [2.75, 3.05) is 18.5 Å². The summed E-state index contributed by atoms with van der Waals surface area (Å²) < 4.78 is 11.5. The molecule has 1 aliphatic heterocycles. The number of benzene rings is 1. The molecule has 0 amide bonds. The molecule has 2 aliphatic rings. The fraction of sp³-hybridized carbons (Fsp3) is 0.588. The molecule has 3 rings (SSSR count). The maximum atomic E-state index is 5.96. The van der Waals surface area contributed by atoms with Crippen LogP contribution in [0, 0.1) is 0 Å². The van der Waals surface area contributed by atoms with Gasteiger partial charge >= 0.3 is 0 Å². The van der Waals surface area contributed by atoms with E-state index in [2.05, 4.69) is 10.6 Å². The predicted octanol–water partition coefficient (Wildman–Crippen LogP) is 3.47. The van der Waals surface area contributed by atoms with Gasteiger partial charge in [0.1, 0.15) is 5.75 Å². The summed E-state index contributed by atoms with van der Waals surface area (Å²) >= 11 is 5.31. The first-order valence-corrected chi connectivity index (χ1v) is 8.63. The van der Waals surface area contributed by atoms with Crippen LogP contribution in [0.15, 0.2) is 24.3 Å². The number of hydrogen-bond acceptors (Lipinski definition) is 3. The van der Waals surface area contributed by atoms with Crippen LogP contribution < -0.4 is 15.4 Å². The SMILES string of the molecule is S=C(NCC1CCCO1)Nc1ccc(OC2CCCC2)cc1. The van der Waals surface area contributed by atoms with Crippen LogP contribution in [0.4, 0.5) is 5.69 Å². The summed E-state index contributed by atoms with van der Waals surface area (Å²) in [5.74, 6) is 0.940. The maximum Gasteiger partial charge on any atom is 0.170 e. The van der Waals surface area contributed by atoms with Crippen LogP contribution in [0.1, 0.15) is 38.5 Å². The molecule has 1 heterocycles. The van der Waals surface area contributed by atoms with E-state index in [1.165, 1.54) is 25.7 Å². The first-order chi connectivity index (χ1) is 10.8. The van der Waals surface area contributed by atoms with E-state index in [4.69, 9.17) is 21.7 Å². The van der Waals surface area contributed by atoms with E-state index >= 15 is 0 Å². The topological polar surface area (TPSA) is 42.5 Å². The summed E-state index contributed by atoms with van der Waals surface area (Å²) in [5.41, 5.74) is 0.976. The highest BCUT2D eigenvalue weighted by Gasteiger charge is 2.16. The van der Waals surface area contributed by atoms with Crippen molar-refractivity contribution < 1.29 is 9.47 Å². The minimum atomic E-state index is 0.293. The predicted molar refractivity (Wildman–Crippen MR) is 92.5 cm³/mol. The molecule has 1 unspecified atom stereocenters. The van der Waals surface area contributed by atoms with Gasteiger partial charge in [-0.15, -0.1) is 0 Å². The van der Waals surface area contributed by atoms with Crippen molar-refractivity contribution >= 4 is 23.0 Å². The monoisotopic (exact) mass is 320 g/mol. The van der Waals surface area contributed by atoms with E-state index in [0.29, 0.717) is 17.3 Å². The number of nitrogens with one attached hydrogen (secondary N) is 2. The molecule has 22 heavy (non-hydrogen) atoms. The number of hydrogen-bond donors (Lipinski definition) is 2. The standard InChI is InChI=1S/C17H24N2O2S/c22-17(18-12-16-6-3-11-20-16)19-13-7-9-15(10-8-13)21-14-4-1-2-5-14/h7-10,14,16H,1-6,11-12H2,(H2,18,19,22). The molecular formula is C17H24N2O2S. The zero-order valence-corrected chi connectivity index (χ0v) is 13.7. The Labute approximate surface area is 137 Å². The lowest BCUT2D eigenvalue weighted by atomic mass is 10.2. The molecule has 0 spiro atoms. The maximum absolute atomic E-state index is 5.96. The second kappa shape index (κ2) is 7.79. The number of thiocarbonyl (C=S) groups is 1. The Morgan fingerprint density at radius 2 is 1.91 bits per heavy atom. The highest BCUT2D eigenvalue weighted by Crippen LogP contribution is 2.25. The van der Waals surface area contributed by atoms with Crippen molar-refractivity contribution in [3.63, 3.8) is 0 Å². The highest BCUT2D eigenvalue weighted by atomic mass is 32.1. The summed E-state index contributed by atoms with van der Waals surface area (Å²) in [5, 5.41) is 7.05. The number of rotatable bonds is 5.